The van der Waals surface area contributed by atoms with Crippen LogP contribution in [0.25, 0.3) is 0 Å². The molecule has 1 saturated heterocycles. The number of aromatic nitrogens is 1. The number of amides is 2. The van der Waals surface area contributed by atoms with Crippen molar-refractivity contribution >= 4 is 21.5 Å². The molecule has 1 aliphatic heterocycles. The van der Waals surface area contributed by atoms with E-state index in [1.165, 1.54) is 6.07 Å². The molecule has 8 heteroatoms. The van der Waals surface area contributed by atoms with Crippen molar-refractivity contribution in [1.82, 2.24) is 9.88 Å². The minimum Gasteiger partial charge on any atom is -0.336 e. The third-order valence-corrected chi connectivity index (χ3v) is 7.67. The third-order valence-electron chi connectivity index (χ3n) is 5.41. The summed E-state index contributed by atoms with van der Waals surface area (Å²) in [6, 6.07) is 11.7. The lowest BCUT2D eigenvalue weighted by Crippen LogP contribution is -2.34. The van der Waals surface area contributed by atoms with E-state index in [0.717, 1.165) is 12.1 Å². The van der Waals surface area contributed by atoms with E-state index in [1.807, 2.05) is 19.1 Å². The first-order valence-electron chi connectivity index (χ1n) is 10.6. The van der Waals surface area contributed by atoms with E-state index >= 15 is 0 Å². The third kappa shape index (κ3) is 5.97. The fraction of sp³-hybridized carbons (Fsp3) is 0.435. The van der Waals surface area contributed by atoms with Gasteiger partial charge >= 0.3 is 0 Å². The Morgan fingerprint density at radius 2 is 1.94 bits per heavy atom. The van der Waals surface area contributed by atoms with Crippen molar-refractivity contribution in [3.8, 4) is 0 Å². The fourth-order valence-electron chi connectivity index (χ4n) is 3.53. The molecule has 0 aliphatic carbocycles. The summed E-state index contributed by atoms with van der Waals surface area (Å²) in [4.78, 5) is 31.4. The second-order valence-corrected chi connectivity index (χ2v) is 10.4. The molecule has 1 aliphatic rings. The van der Waals surface area contributed by atoms with Crippen LogP contribution in [0.5, 0.6) is 0 Å². The highest BCUT2D eigenvalue weighted by atomic mass is 32.2. The molecular formula is C23H28FN3O3S. The number of carbonyl (C=O) groups excluding carboxylic acids is 2. The largest absolute Gasteiger partial charge is 0.336 e. The van der Waals surface area contributed by atoms with E-state index in [4.69, 9.17) is 0 Å². The summed E-state index contributed by atoms with van der Waals surface area (Å²) in [5.74, 6) is -1.21. The first-order valence-corrected chi connectivity index (χ1v) is 12.4. The Labute approximate surface area is 183 Å². The molecule has 3 rings (SSSR count). The Kier molecular flexibility index (Phi) is 7.54. The second-order valence-electron chi connectivity index (χ2n) is 7.82. The van der Waals surface area contributed by atoms with Gasteiger partial charge in [-0.3, -0.25) is 9.59 Å². The van der Waals surface area contributed by atoms with Gasteiger partial charge in [-0.1, -0.05) is 38.1 Å². The molecule has 0 spiro atoms. The molecule has 166 valence electrons. The molecule has 2 atom stereocenters. The van der Waals surface area contributed by atoms with Crippen LogP contribution < -0.4 is 0 Å². The van der Waals surface area contributed by atoms with Gasteiger partial charge in [0.2, 0.25) is 0 Å². The monoisotopic (exact) mass is 445 g/mol. The van der Waals surface area contributed by atoms with E-state index in [2.05, 4.69) is 9.35 Å². The number of pyridine rings is 1. The zero-order valence-corrected chi connectivity index (χ0v) is 18.7. The predicted octanol–water partition coefficient (Wildman–Crippen LogP) is 3.50. The van der Waals surface area contributed by atoms with Crippen molar-refractivity contribution in [2.75, 3.05) is 24.6 Å². The Balaban J connectivity index is 1.68. The topological polar surface area (TPSA) is 79.7 Å². The molecule has 2 heterocycles. The number of halogens is 1. The maximum Gasteiger partial charge on any atom is 0.272 e. The molecule has 0 bridgehead atoms. The van der Waals surface area contributed by atoms with Gasteiger partial charge in [0.05, 0.1) is 9.73 Å². The van der Waals surface area contributed by atoms with Crippen LogP contribution in [0.4, 0.5) is 4.39 Å². The highest BCUT2D eigenvalue weighted by Gasteiger charge is 2.25. The van der Waals surface area contributed by atoms with Crippen LogP contribution in [0.15, 0.2) is 46.8 Å². The molecule has 1 aromatic carbocycles. The quantitative estimate of drug-likeness (QED) is 0.706. The summed E-state index contributed by atoms with van der Waals surface area (Å²) >= 11 is 0. The standard InChI is InChI=1S/C23H28FN3O3S/c1-3-19-9-6-11-21(25-19)23(29)27-12-7-14-31(30,15-13-27)26-22(28)17(2)16-18-8-4-5-10-20(18)24/h4-6,8-11,17H,3,7,12-16H2,1-2H3. The summed E-state index contributed by atoms with van der Waals surface area (Å²) in [6.07, 6.45) is 1.44. The predicted molar refractivity (Wildman–Crippen MR) is 119 cm³/mol. The lowest BCUT2D eigenvalue weighted by atomic mass is 10.0. The molecular weight excluding hydrogens is 417 g/mol. The van der Waals surface area contributed by atoms with Crippen molar-refractivity contribution in [3.05, 3.63) is 65.2 Å². The lowest BCUT2D eigenvalue weighted by Gasteiger charge is -2.19. The van der Waals surface area contributed by atoms with Crippen molar-refractivity contribution in [2.45, 2.75) is 33.1 Å². The minimum atomic E-state index is -2.77. The van der Waals surface area contributed by atoms with Gasteiger partial charge in [-0.25, -0.2) is 13.6 Å². The van der Waals surface area contributed by atoms with Gasteiger partial charge in [0.1, 0.15) is 11.5 Å². The van der Waals surface area contributed by atoms with Crippen LogP contribution in [0.3, 0.4) is 0 Å². The van der Waals surface area contributed by atoms with Crippen LogP contribution in [0, 0.1) is 11.7 Å². The van der Waals surface area contributed by atoms with Gasteiger partial charge in [-0.05, 0) is 43.0 Å². The van der Waals surface area contributed by atoms with Gasteiger partial charge in [0.15, 0.2) is 0 Å². The summed E-state index contributed by atoms with van der Waals surface area (Å²) in [5, 5.41) is 0. The van der Waals surface area contributed by atoms with Crippen LogP contribution in [-0.4, -0.2) is 50.5 Å². The highest BCUT2D eigenvalue weighted by molar-refractivity contribution is 7.93. The average Bonchev–Trinajstić information content (AvgIpc) is 2.96. The summed E-state index contributed by atoms with van der Waals surface area (Å²) in [7, 11) is -2.77. The van der Waals surface area contributed by atoms with E-state index < -0.39 is 21.6 Å². The summed E-state index contributed by atoms with van der Waals surface area (Å²) in [5.41, 5.74) is 1.65. The number of nitrogens with zero attached hydrogens (tertiary/aromatic N) is 3. The highest BCUT2D eigenvalue weighted by Crippen LogP contribution is 2.17. The second kappa shape index (κ2) is 10.1. The number of hydrogen-bond acceptors (Lipinski definition) is 4. The average molecular weight is 446 g/mol. The Hall–Kier alpha value is -2.61. The van der Waals surface area contributed by atoms with Crippen LogP contribution in [0.2, 0.25) is 0 Å². The van der Waals surface area contributed by atoms with E-state index in [-0.39, 0.29) is 36.2 Å². The maximum absolute atomic E-state index is 13.9. The maximum atomic E-state index is 13.9. The molecule has 0 saturated carbocycles. The Morgan fingerprint density at radius 3 is 2.68 bits per heavy atom. The molecule has 0 radical (unpaired) electrons. The SMILES string of the molecule is CCc1cccc(C(=O)N2CCCS(=O)(=NC(=O)C(C)Cc3ccccc3F)CC2)n1. The van der Waals surface area contributed by atoms with Gasteiger partial charge in [0.25, 0.3) is 11.8 Å². The van der Waals surface area contributed by atoms with Crippen molar-refractivity contribution in [2.24, 2.45) is 10.3 Å². The summed E-state index contributed by atoms with van der Waals surface area (Å²) in [6.45, 7) is 4.35. The lowest BCUT2D eigenvalue weighted by molar-refractivity contribution is -0.120. The van der Waals surface area contributed by atoms with Gasteiger partial charge in [0, 0.05) is 36.2 Å². The molecule has 2 unspecified atom stereocenters. The van der Waals surface area contributed by atoms with Crippen molar-refractivity contribution in [3.63, 3.8) is 0 Å². The number of aryl methyl sites for hydroxylation is 1. The normalized spacial score (nSPS) is 20.0. The van der Waals surface area contributed by atoms with Crippen molar-refractivity contribution < 1.29 is 18.2 Å². The van der Waals surface area contributed by atoms with Crippen LogP contribution in [0.1, 0.15) is 42.0 Å². The van der Waals surface area contributed by atoms with Crippen LogP contribution in [-0.2, 0) is 27.4 Å². The Bertz CT molecular complexity index is 1080. The van der Waals surface area contributed by atoms with Gasteiger partial charge < -0.3 is 4.90 Å². The molecule has 31 heavy (non-hydrogen) atoms. The zero-order valence-electron chi connectivity index (χ0n) is 17.9. The molecule has 2 amide bonds. The zero-order chi connectivity index (χ0) is 22.4. The fourth-order valence-corrected chi connectivity index (χ4v) is 5.52. The molecule has 2 aromatic rings. The smallest absolute Gasteiger partial charge is 0.272 e. The number of hydrogen-bond donors (Lipinski definition) is 0. The van der Waals surface area contributed by atoms with Crippen LogP contribution >= 0.6 is 0 Å². The van der Waals surface area contributed by atoms with Gasteiger partial charge in [-0.2, -0.15) is 4.36 Å². The molecule has 6 nitrogen and oxygen atoms in total. The number of rotatable bonds is 5. The number of benzene rings is 1. The van der Waals surface area contributed by atoms with E-state index in [0.29, 0.717) is 24.2 Å². The number of carbonyl (C=O) groups is 2. The van der Waals surface area contributed by atoms with E-state index in [9.17, 15) is 18.2 Å². The molecule has 1 fully saturated rings. The van der Waals surface area contributed by atoms with Crippen molar-refractivity contribution in [1.29, 1.82) is 0 Å². The Morgan fingerprint density at radius 1 is 1.16 bits per heavy atom. The van der Waals surface area contributed by atoms with Gasteiger partial charge in [-0.15, -0.1) is 0 Å². The first kappa shape index (κ1) is 23.1. The molecule has 0 N–H and O–H groups in total. The summed E-state index contributed by atoms with van der Waals surface area (Å²) < 4.78 is 31.2. The first-order chi connectivity index (χ1) is 14.8. The molecule has 1 aromatic heterocycles. The minimum absolute atomic E-state index is 0.143. The van der Waals surface area contributed by atoms with E-state index in [1.54, 1.807) is 36.1 Å².